The number of thiophene rings is 1. The number of nitrogens with two attached hydrogens (primary N) is 1. The summed E-state index contributed by atoms with van der Waals surface area (Å²) in [6, 6.07) is 11.3. The molecule has 0 spiro atoms. The van der Waals surface area contributed by atoms with Crippen LogP contribution in [-0.2, 0) is 16.4 Å². The number of primary sulfonamides is 1. The molecule has 21 heavy (non-hydrogen) atoms. The molecule has 0 bridgehead atoms. The summed E-state index contributed by atoms with van der Waals surface area (Å²) in [6.07, 6.45) is 1.90. The van der Waals surface area contributed by atoms with Gasteiger partial charge < -0.3 is 5.32 Å². The van der Waals surface area contributed by atoms with Gasteiger partial charge in [0.25, 0.3) is 0 Å². The van der Waals surface area contributed by atoms with Gasteiger partial charge in [-0.05, 0) is 48.5 Å². The zero-order valence-corrected chi connectivity index (χ0v) is 13.6. The second kappa shape index (κ2) is 7.17. The van der Waals surface area contributed by atoms with Crippen LogP contribution in [0.5, 0.6) is 0 Å². The van der Waals surface area contributed by atoms with E-state index in [-0.39, 0.29) is 4.90 Å². The number of nitrogens with one attached hydrogen (secondary N) is 1. The predicted octanol–water partition coefficient (Wildman–Crippen LogP) is 2.68. The summed E-state index contributed by atoms with van der Waals surface area (Å²) < 4.78 is 22.4. The van der Waals surface area contributed by atoms with Gasteiger partial charge in [-0.1, -0.05) is 25.1 Å². The Labute approximate surface area is 130 Å². The van der Waals surface area contributed by atoms with Crippen LogP contribution >= 0.6 is 11.3 Å². The van der Waals surface area contributed by atoms with Crippen LogP contribution in [0.1, 0.15) is 29.8 Å². The van der Waals surface area contributed by atoms with Crippen molar-refractivity contribution in [3.63, 3.8) is 0 Å². The quantitative estimate of drug-likeness (QED) is 0.822. The van der Waals surface area contributed by atoms with Crippen molar-refractivity contribution in [1.29, 1.82) is 0 Å². The fraction of sp³-hybridized carbons (Fsp3) is 0.333. The SMILES string of the molecule is CCC(NCCc1ccc(S(N)(=O)=O)cc1)c1cccs1. The van der Waals surface area contributed by atoms with Crippen LogP contribution in [-0.4, -0.2) is 15.0 Å². The average molecular weight is 324 g/mol. The van der Waals surface area contributed by atoms with Crippen molar-refractivity contribution in [3.05, 3.63) is 52.2 Å². The molecule has 0 saturated carbocycles. The number of sulfonamides is 1. The van der Waals surface area contributed by atoms with E-state index in [1.54, 1.807) is 23.5 Å². The second-order valence-electron chi connectivity index (χ2n) is 4.87. The van der Waals surface area contributed by atoms with Crippen molar-refractivity contribution in [2.24, 2.45) is 5.14 Å². The molecule has 1 heterocycles. The van der Waals surface area contributed by atoms with Crippen LogP contribution in [0.15, 0.2) is 46.7 Å². The molecule has 0 aliphatic heterocycles. The van der Waals surface area contributed by atoms with Gasteiger partial charge in [0.1, 0.15) is 0 Å². The van der Waals surface area contributed by atoms with Crippen molar-refractivity contribution >= 4 is 21.4 Å². The van der Waals surface area contributed by atoms with Crippen molar-refractivity contribution in [3.8, 4) is 0 Å². The average Bonchev–Trinajstić information content (AvgIpc) is 2.97. The van der Waals surface area contributed by atoms with Gasteiger partial charge >= 0.3 is 0 Å². The molecule has 0 aliphatic carbocycles. The highest BCUT2D eigenvalue weighted by Gasteiger charge is 2.09. The number of rotatable bonds is 7. The van der Waals surface area contributed by atoms with Gasteiger partial charge in [0.05, 0.1) is 4.90 Å². The Morgan fingerprint density at radius 2 is 1.95 bits per heavy atom. The smallest absolute Gasteiger partial charge is 0.238 e. The summed E-state index contributed by atoms with van der Waals surface area (Å²) in [5.74, 6) is 0. The molecule has 1 aromatic carbocycles. The van der Waals surface area contributed by atoms with Crippen LogP contribution in [0.3, 0.4) is 0 Å². The Balaban J connectivity index is 1.88. The van der Waals surface area contributed by atoms with Crippen molar-refractivity contribution < 1.29 is 8.42 Å². The third-order valence-electron chi connectivity index (χ3n) is 3.35. The molecule has 1 atom stereocenters. The van der Waals surface area contributed by atoms with Gasteiger partial charge in [0.15, 0.2) is 0 Å². The maximum atomic E-state index is 11.2. The van der Waals surface area contributed by atoms with Crippen molar-refractivity contribution in [2.75, 3.05) is 6.54 Å². The summed E-state index contributed by atoms with van der Waals surface area (Å²) >= 11 is 1.76. The molecule has 0 radical (unpaired) electrons. The molecule has 3 N–H and O–H groups in total. The molecule has 1 unspecified atom stereocenters. The van der Waals surface area contributed by atoms with Gasteiger partial charge in [0, 0.05) is 10.9 Å². The molecule has 0 fully saturated rings. The summed E-state index contributed by atoms with van der Waals surface area (Å²) in [5, 5.41) is 10.7. The maximum absolute atomic E-state index is 11.2. The summed E-state index contributed by atoms with van der Waals surface area (Å²) in [5.41, 5.74) is 1.09. The van der Waals surface area contributed by atoms with E-state index in [1.807, 2.05) is 12.1 Å². The summed E-state index contributed by atoms with van der Waals surface area (Å²) in [6.45, 7) is 3.02. The van der Waals surface area contributed by atoms with E-state index in [9.17, 15) is 8.42 Å². The molecule has 0 amide bonds. The van der Waals surface area contributed by atoms with Gasteiger partial charge in [-0.2, -0.15) is 0 Å². The lowest BCUT2D eigenvalue weighted by atomic mass is 10.1. The van der Waals surface area contributed by atoms with Gasteiger partial charge in [-0.15, -0.1) is 11.3 Å². The Kier molecular flexibility index (Phi) is 5.52. The normalized spacial score (nSPS) is 13.2. The van der Waals surface area contributed by atoms with E-state index in [4.69, 9.17) is 5.14 Å². The van der Waals surface area contributed by atoms with Crippen molar-refractivity contribution in [1.82, 2.24) is 5.32 Å². The lowest BCUT2D eigenvalue weighted by molar-refractivity contribution is 0.530. The molecular weight excluding hydrogens is 304 g/mol. The third-order valence-corrected chi connectivity index (χ3v) is 5.27. The third kappa shape index (κ3) is 4.64. The zero-order chi connectivity index (χ0) is 15.3. The van der Waals surface area contributed by atoms with E-state index in [2.05, 4.69) is 29.8 Å². The number of hydrogen-bond acceptors (Lipinski definition) is 4. The van der Waals surface area contributed by atoms with Gasteiger partial charge in [-0.25, -0.2) is 13.6 Å². The van der Waals surface area contributed by atoms with Crippen LogP contribution in [0.2, 0.25) is 0 Å². The molecule has 1 aromatic heterocycles. The van der Waals surface area contributed by atoms with E-state index in [0.717, 1.165) is 24.9 Å². The lowest BCUT2D eigenvalue weighted by Crippen LogP contribution is -2.22. The first-order chi connectivity index (χ1) is 10.0. The Bertz CT molecular complexity index is 649. The van der Waals surface area contributed by atoms with E-state index in [1.165, 1.54) is 4.88 Å². The maximum Gasteiger partial charge on any atom is 0.238 e. The molecule has 0 aliphatic rings. The van der Waals surface area contributed by atoms with Gasteiger partial charge in [-0.3, -0.25) is 0 Å². The molecule has 6 heteroatoms. The van der Waals surface area contributed by atoms with Gasteiger partial charge in [0.2, 0.25) is 10.0 Å². The first-order valence-corrected chi connectivity index (χ1v) is 9.32. The monoisotopic (exact) mass is 324 g/mol. The minimum absolute atomic E-state index is 0.157. The summed E-state index contributed by atoms with van der Waals surface area (Å²) in [4.78, 5) is 1.51. The number of benzene rings is 1. The molecule has 2 rings (SSSR count). The molecule has 2 aromatic rings. The Morgan fingerprint density at radius 1 is 1.24 bits per heavy atom. The van der Waals surface area contributed by atoms with Crippen LogP contribution in [0.4, 0.5) is 0 Å². The minimum atomic E-state index is -3.60. The van der Waals surface area contributed by atoms with Crippen LogP contribution < -0.4 is 10.5 Å². The molecule has 114 valence electrons. The van der Waals surface area contributed by atoms with E-state index < -0.39 is 10.0 Å². The van der Waals surface area contributed by atoms with E-state index >= 15 is 0 Å². The lowest BCUT2D eigenvalue weighted by Gasteiger charge is -2.15. The predicted molar refractivity (Wildman–Crippen MR) is 86.9 cm³/mol. The van der Waals surface area contributed by atoms with Crippen LogP contribution in [0, 0.1) is 0 Å². The van der Waals surface area contributed by atoms with E-state index in [0.29, 0.717) is 6.04 Å². The van der Waals surface area contributed by atoms with Crippen LogP contribution in [0.25, 0.3) is 0 Å². The molecular formula is C15H20N2O2S2. The number of hydrogen-bond donors (Lipinski definition) is 2. The molecule has 0 saturated heterocycles. The molecule has 4 nitrogen and oxygen atoms in total. The zero-order valence-electron chi connectivity index (χ0n) is 12.0. The highest BCUT2D eigenvalue weighted by Crippen LogP contribution is 2.21. The second-order valence-corrected chi connectivity index (χ2v) is 7.41. The summed E-state index contributed by atoms with van der Waals surface area (Å²) in [7, 11) is -3.60. The minimum Gasteiger partial charge on any atom is -0.309 e. The Morgan fingerprint density at radius 3 is 2.48 bits per heavy atom. The topological polar surface area (TPSA) is 72.2 Å². The van der Waals surface area contributed by atoms with Crippen molar-refractivity contribution in [2.45, 2.75) is 30.7 Å². The fourth-order valence-corrected chi connectivity index (χ4v) is 3.57. The highest BCUT2D eigenvalue weighted by molar-refractivity contribution is 7.89. The highest BCUT2D eigenvalue weighted by atomic mass is 32.2. The Hall–Kier alpha value is -1.21. The first-order valence-electron chi connectivity index (χ1n) is 6.89. The fourth-order valence-electron chi connectivity index (χ4n) is 2.17. The largest absolute Gasteiger partial charge is 0.309 e. The first kappa shape index (κ1) is 16.2. The standard InChI is InChI=1S/C15H20N2O2S2/c1-2-14(15-4-3-11-20-15)17-10-9-12-5-7-13(8-6-12)21(16,18)19/h3-8,11,14,17H,2,9-10H2,1H3,(H2,16,18,19).